The summed E-state index contributed by atoms with van der Waals surface area (Å²) in [5.74, 6) is -0.0828. The molecule has 0 radical (unpaired) electrons. The minimum absolute atomic E-state index is 0.0760. The van der Waals surface area contributed by atoms with Crippen molar-refractivity contribution in [2.75, 3.05) is 20.6 Å². The lowest BCUT2D eigenvalue weighted by molar-refractivity contribution is -0.129. The second-order valence-corrected chi connectivity index (χ2v) is 5.78. The van der Waals surface area contributed by atoms with Crippen LogP contribution < -0.4 is 10.5 Å². The van der Waals surface area contributed by atoms with Crippen molar-refractivity contribution in [1.82, 2.24) is 4.90 Å². The molecule has 0 aliphatic carbocycles. The fraction of sp³-hybridized carbons (Fsp3) is 0.400. The summed E-state index contributed by atoms with van der Waals surface area (Å²) >= 11 is 3.34. The molecule has 0 spiro atoms. The van der Waals surface area contributed by atoms with Crippen LogP contribution in [0, 0.1) is 0 Å². The molecule has 0 unspecified atom stereocenters. The molecular weight excluding hydrogens is 336 g/mol. The summed E-state index contributed by atoms with van der Waals surface area (Å²) < 4.78 is 5.93. The van der Waals surface area contributed by atoms with Crippen LogP contribution in [0.4, 0.5) is 0 Å². The maximum absolute atomic E-state index is 11.6. The molecule has 3 N–H and O–H groups in total. The minimum Gasteiger partial charge on any atom is -0.506 e. The largest absolute Gasteiger partial charge is 0.506 e. The molecule has 0 aliphatic rings. The van der Waals surface area contributed by atoms with E-state index in [1.165, 1.54) is 0 Å². The van der Waals surface area contributed by atoms with E-state index in [4.69, 9.17) is 10.5 Å². The van der Waals surface area contributed by atoms with Gasteiger partial charge in [0.1, 0.15) is 11.5 Å². The summed E-state index contributed by atoms with van der Waals surface area (Å²) in [6, 6.07) is 1.76. The van der Waals surface area contributed by atoms with E-state index >= 15 is 0 Å². The number of carbonyl (C=O) groups is 1. The molecular formula is C15H21BrN2O3. The summed E-state index contributed by atoms with van der Waals surface area (Å²) in [4.78, 5) is 13.5. The van der Waals surface area contributed by atoms with Gasteiger partial charge in [-0.25, -0.2) is 4.79 Å². The van der Waals surface area contributed by atoms with E-state index in [2.05, 4.69) is 22.5 Å². The minimum atomic E-state index is -0.550. The number of benzene rings is 1. The van der Waals surface area contributed by atoms with Gasteiger partial charge in [-0.3, -0.25) is 0 Å². The SMILES string of the molecule is C=CC(=O)Oc1c(CCCN)cc(Br)c(O)c1CN(C)C. The number of rotatable bonds is 7. The average molecular weight is 357 g/mol. The van der Waals surface area contributed by atoms with Crippen LogP contribution in [-0.4, -0.2) is 36.6 Å². The standard InChI is InChI=1S/C15H21BrN2O3/c1-4-13(19)21-15-10(6-5-7-17)8-12(16)14(20)11(15)9-18(2)3/h4,8,20H,1,5-7,9,17H2,2-3H3. The van der Waals surface area contributed by atoms with Gasteiger partial charge in [0, 0.05) is 12.6 Å². The highest BCUT2D eigenvalue weighted by atomic mass is 79.9. The van der Waals surface area contributed by atoms with Crippen molar-refractivity contribution in [1.29, 1.82) is 0 Å². The lowest BCUT2D eigenvalue weighted by Gasteiger charge is -2.19. The van der Waals surface area contributed by atoms with E-state index in [0.717, 1.165) is 18.1 Å². The Hall–Kier alpha value is -1.37. The van der Waals surface area contributed by atoms with Crippen LogP contribution in [0.1, 0.15) is 17.5 Å². The van der Waals surface area contributed by atoms with Gasteiger partial charge in [0.05, 0.1) is 10.0 Å². The first-order valence-electron chi connectivity index (χ1n) is 6.63. The van der Waals surface area contributed by atoms with Gasteiger partial charge in [0.25, 0.3) is 0 Å². The van der Waals surface area contributed by atoms with Gasteiger partial charge in [-0.15, -0.1) is 0 Å². The molecule has 116 valence electrons. The fourth-order valence-electron chi connectivity index (χ4n) is 1.94. The van der Waals surface area contributed by atoms with E-state index in [0.29, 0.717) is 35.3 Å². The number of ether oxygens (including phenoxy) is 1. The topological polar surface area (TPSA) is 75.8 Å². The van der Waals surface area contributed by atoms with E-state index in [1.54, 1.807) is 6.07 Å². The zero-order chi connectivity index (χ0) is 16.0. The molecule has 0 heterocycles. The zero-order valence-corrected chi connectivity index (χ0v) is 13.9. The Morgan fingerprint density at radius 3 is 2.76 bits per heavy atom. The van der Waals surface area contributed by atoms with E-state index in [-0.39, 0.29) is 5.75 Å². The third-order valence-corrected chi connectivity index (χ3v) is 3.48. The first kappa shape index (κ1) is 17.7. The number of aromatic hydroxyl groups is 1. The summed E-state index contributed by atoms with van der Waals surface area (Å²) in [5, 5.41) is 10.2. The van der Waals surface area contributed by atoms with Gasteiger partial charge in [-0.05, 0) is 61.0 Å². The maximum Gasteiger partial charge on any atom is 0.335 e. The van der Waals surface area contributed by atoms with Crippen molar-refractivity contribution in [2.45, 2.75) is 19.4 Å². The van der Waals surface area contributed by atoms with Crippen molar-refractivity contribution >= 4 is 21.9 Å². The molecule has 6 heteroatoms. The Morgan fingerprint density at radius 1 is 1.57 bits per heavy atom. The molecule has 0 amide bonds. The number of esters is 1. The van der Waals surface area contributed by atoms with Gasteiger partial charge in [0.2, 0.25) is 0 Å². The monoisotopic (exact) mass is 356 g/mol. The van der Waals surface area contributed by atoms with E-state index < -0.39 is 5.97 Å². The highest BCUT2D eigenvalue weighted by molar-refractivity contribution is 9.10. The molecule has 0 aliphatic heterocycles. The molecule has 1 aromatic rings. The molecule has 0 saturated carbocycles. The second-order valence-electron chi connectivity index (χ2n) is 4.93. The molecule has 0 aromatic heterocycles. The first-order valence-corrected chi connectivity index (χ1v) is 7.42. The molecule has 1 aromatic carbocycles. The predicted molar refractivity (Wildman–Crippen MR) is 86.4 cm³/mol. The second kappa shape index (κ2) is 8.17. The maximum atomic E-state index is 11.6. The Kier molecular flexibility index (Phi) is 6.87. The normalized spacial score (nSPS) is 10.7. The smallest absolute Gasteiger partial charge is 0.335 e. The molecule has 21 heavy (non-hydrogen) atoms. The fourth-order valence-corrected chi connectivity index (χ4v) is 2.46. The number of phenolic OH excluding ortho intramolecular Hbond substituents is 1. The van der Waals surface area contributed by atoms with Crippen LogP contribution in [0.3, 0.4) is 0 Å². The van der Waals surface area contributed by atoms with Crippen molar-refractivity contribution in [3.8, 4) is 11.5 Å². The van der Waals surface area contributed by atoms with Crippen molar-refractivity contribution in [3.05, 3.63) is 34.3 Å². The quantitative estimate of drug-likeness (QED) is 0.445. The molecule has 1 rings (SSSR count). The number of nitrogens with two attached hydrogens (primary N) is 1. The third-order valence-electron chi connectivity index (χ3n) is 2.87. The lowest BCUT2D eigenvalue weighted by atomic mass is 10.0. The van der Waals surface area contributed by atoms with Crippen LogP contribution in [-0.2, 0) is 17.8 Å². The first-order chi connectivity index (χ1) is 9.90. The Labute approximate surface area is 133 Å². The van der Waals surface area contributed by atoms with E-state index in [9.17, 15) is 9.90 Å². The Morgan fingerprint density at radius 2 is 2.24 bits per heavy atom. The van der Waals surface area contributed by atoms with Crippen LogP contribution in [0.2, 0.25) is 0 Å². The number of nitrogens with zero attached hydrogens (tertiary/aromatic N) is 1. The predicted octanol–water partition coefficient (Wildman–Crippen LogP) is 2.20. The van der Waals surface area contributed by atoms with Crippen molar-refractivity contribution in [2.24, 2.45) is 5.73 Å². The number of aryl methyl sites for hydroxylation is 1. The highest BCUT2D eigenvalue weighted by Gasteiger charge is 2.20. The van der Waals surface area contributed by atoms with Crippen LogP contribution in [0.15, 0.2) is 23.2 Å². The molecule has 0 bridgehead atoms. The highest BCUT2D eigenvalue weighted by Crippen LogP contribution is 2.39. The van der Waals surface area contributed by atoms with Gasteiger partial charge in [0.15, 0.2) is 0 Å². The lowest BCUT2D eigenvalue weighted by Crippen LogP contribution is -2.15. The van der Waals surface area contributed by atoms with Gasteiger partial charge < -0.3 is 20.5 Å². The van der Waals surface area contributed by atoms with E-state index in [1.807, 2.05) is 19.0 Å². The summed E-state index contributed by atoms with van der Waals surface area (Å²) in [5.41, 5.74) is 6.94. The third kappa shape index (κ3) is 4.84. The average Bonchev–Trinajstić information content (AvgIpc) is 2.44. The van der Waals surface area contributed by atoms with Gasteiger partial charge in [-0.1, -0.05) is 6.58 Å². The number of hydrogen-bond acceptors (Lipinski definition) is 5. The van der Waals surface area contributed by atoms with Gasteiger partial charge >= 0.3 is 5.97 Å². The number of hydrogen-bond donors (Lipinski definition) is 2. The number of carbonyl (C=O) groups excluding carboxylic acids is 1. The van der Waals surface area contributed by atoms with Crippen molar-refractivity contribution < 1.29 is 14.6 Å². The summed E-state index contributed by atoms with van der Waals surface area (Å²) in [6.07, 6.45) is 2.53. The molecule has 0 saturated heterocycles. The van der Waals surface area contributed by atoms with Crippen LogP contribution in [0.25, 0.3) is 0 Å². The Balaban J connectivity index is 3.36. The molecule has 5 nitrogen and oxygen atoms in total. The van der Waals surface area contributed by atoms with Gasteiger partial charge in [-0.2, -0.15) is 0 Å². The zero-order valence-electron chi connectivity index (χ0n) is 12.4. The van der Waals surface area contributed by atoms with Crippen LogP contribution in [0.5, 0.6) is 11.5 Å². The summed E-state index contributed by atoms with van der Waals surface area (Å²) in [7, 11) is 3.75. The number of phenols is 1. The molecule has 0 fully saturated rings. The van der Waals surface area contributed by atoms with Crippen LogP contribution >= 0.6 is 15.9 Å². The number of halogens is 1. The van der Waals surface area contributed by atoms with Crippen molar-refractivity contribution in [3.63, 3.8) is 0 Å². The Bertz CT molecular complexity index is 530. The summed E-state index contributed by atoms with van der Waals surface area (Å²) in [6.45, 7) is 4.39. The molecule has 0 atom stereocenters.